The Morgan fingerprint density at radius 1 is 0.929 bits per heavy atom. The molecular formula is C24H38O4. The van der Waals surface area contributed by atoms with E-state index >= 15 is 0 Å². The molecule has 0 heterocycles. The largest absolute Gasteiger partial charge is 0.507 e. The van der Waals surface area contributed by atoms with Crippen molar-refractivity contribution >= 4 is 5.97 Å². The van der Waals surface area contributed by atoms with Crippen molar-refractivity contribution in [2.45, 2.75) is 96.5 Å². The van der Waals surface area contributed by atoms with Crippen LogP contribution in [0.4, 0.5) is 0 Å². The Labute approximate surface area is 170 Å². The minimum atomic E-state index is -1.06. The van der Waals surface area contributed by atoms with Crippen LogP contribution >= 0.6 is 0 Å². The van der Waals surface area contributed by atoms with Crippen LogP contribution in [-0.2, 0) is 6.42 Å². The Kier molecular flexibility index (Phi) is 13.1. The van der Waals surface area contributed by atoms with Crippen molar-refractivity contribution in [1.29, 1.82) is 0 Å². The molecule has 0 aliphatic heterocycles. The fourth-order valence-electron chi connectivity index (χ4n) is 3.44. The number of carboxylic acids is 1. The predicted molar refractivity (Wildman–Crippen MR) is 115 cm³/mol. The van der Waals surface area contributed by atoms with Gasteiger partial charge in [-0.15, -0.1) is 0 Å². The minimum Gasteiger partial charge on any atom is -0.507 e. The van der Waals surface area contributed by atoms with Gasteiger partial charge >= 0.3 is 5.97 Å². The quantitative estimate of drug-likeness (QED) is 0.230. The molecule has 3 N–H and O–H groups in total. The Morgan fingerprint density at radius 3 is 2.11 bits per heavy atom. The summed E-state index contributed by atoms with van der Waals surface area (Å²) in [7, 11) is 0. The molecule has 0 bridgehead atoms. The van der Waals surface area contributed by atoms with Crippen LogP contribution in [0, 0.1) is 0 Å². The van der Waals surface area contributed by atoms with Gasteiger partial charge in [0.1, 0.15) is 11.3 Å². The van der Waals surface area contributed by atoms with Gasteiger partial charge in [0.05, 0.1) is 6.10 Å². The highest BCUT2D eigenvalue weighted by atomic mass is 16.4. The molecule has 1 rings (SSSR count). The van der Waals surface area contributed by atoms with Crippen LogP contribution in [0.2, 0.25) is 0 Å². The highest BCUT2D eigenvalue weighted by Gasteiger charge is 2.14. The molecule has 28 heavy (non-hydrogen) atoms. The Bertz CT molecular complexity index is 578. The van der Waals surface area contributed by atoms with Crippen LogP contribution in [0.5, 0.6) is 5.75 Å². The number of allylic oxidation sites excluding steroid dienone is 2. The summed E-state index contributed by atoms with van der Waals surface area (Å²) in [6.07, 6.45) is 18.8. The molecule has 158 valence electrons. The van der Waals surface area contributed by atoms with Gasteiger partial charge in [-0.1, -0.05) is 62.8 Å². The summed E-state index contributed by atoms with van der Waals surface area (Å²) in [5.74, 6) is -1.20. The zero-order valence-corrected chi connectivity index (χ0v) is 17.4. The second-order valence-corrected chi connectivity index (χ2v) is 7.73. The Hall–Kier alpha value is -1.81. The van der Waals surface area contributed by atoms with Crippen molar-refractivity contribution in [3.8, 4) is 5.75 Å². The molecule has 0 unspecified atom stereocenters. The van der Waals surface area contributed by atoms with Gasteiger partial charge in [0, 0.05) is 0 Å². The van der Waals surface area contributed by atoms with E-state index < -0.39 is 5.97 Å². The van der Waals surface area contributed by atoms with E-state index in [1.54, 1.807) is 12.1 Å². The second kappa shape index (κ2) is 15.2. The third kappa shape index (κ3) is 11.1. The van der Waals surface area contributed by atoms with E-state index in [2.05, 4.69) is 12.2 Å². The molecular weight excluding hydrogens is 352 g/mol. The summed E-state index contributed by atoms with van der Waals surface area (Å²) >= 11 is 0. The fourth-order valence-corrected chi connectivity index (χ4v) is 3.44. The van der Waals surface area contributed by atoms with Gasteiger partial charge in [-0.3, -0.25) is 0 Å². The lowest BCUT2D eigenvalue weighted by Gasteiger charge is -2.07. The molecule has 0 fully saturated rings. The smallest absolute Gasteiger partial charge is 0.339 e. The summed E-state index contributed by atoms with van der Waals surface area (Å²) < 4.78 is 0. The number of phenols is 1. The van der Waals surface area contributed by atoms with Crippen LogP contribution in [0.1, 0.15) is 99.9 Å². The number of aryl methyl sites for hydroxylation is 1. The van der Waals surface area contributed by atoms with Crippen molar-refractivity contribution in [3.05, 3.63) is 41.5 Å². The molecule has 0 saturated carbocycles. The third-order valence-electron chi connectivity index (χ3n) is 5.07. The van der Waals surface area contributed by atoms with Gasteiger partial charge in [-0.05, 0) is 63.5 Å². The monoisotopic (exact) mass is 390 g/mol. The maximum Gasteiger partial charge on any atom is 0.339 e. The first-order valence-electron chi connectivity index (χ1n) is 10.9. The molecule has 0 aromatic heterocycles. The van der Waals surface area contributed by atoms with Crippen LogP contribution in [0.15, 0.2) is 30.4 Å². The van der Waals surface area contributed by atoms with Gasteiger partial charge in [0.25, 0.3) is 0 Å². The number of unbranched alkanes of at least 4 members (excludes halogenated alkanes) is 9. The second-order valence-electron chi connectivity index (χ2n) is 7.73. The maximum atomic E-state index is 11.2. The van der Waals surface area contributed by atoms with E-state index in [0.29, 0.717) is 6.42 Å². The van der Waals surface area contributed by atoms with Crippen molar-refractivity contribution in [2.24, 2.45) is 0 Å². The summed E-state index contributed by atoms with van der Waals surface area (Å²) in [5.41, 5.74) is 0.775. The summed E-state index contributed by atoms with van der Waals surface area (Å²) in [6.45, 7) is 1.85. The lowest BCUT2D eigenvalue weighted by atomic mass is 9.99. The lowest BCUT2D eigenvalue weighted by molar-refractivity contribution is 0.0692. The van der Waals surface area contributed by atoms with E-state index in [9.17, 15) is 20.1 Å². The van der Waals surface area contributed by atoms with Crippen molar-refractivity contribution in [2.75, 3.05) is 0 Å². The van der Waals surface area contributed by atoms with Crippen molar-refractivity contribution in [3.63, 3.8) is 0 Å². The number of carbonyl (C=O) groups is 1. The van der Waals surface area contributed by atoms with E-state index in [1.807, 2.05) is 6.92 Å². The van der Waals surface area contributed by atoms with Crippen LogP contribution in [-0.4, -0.2) is 27.4 Å². The molecule has 1 aromatic carbocycles. The van der Waals surface area contributed by atoms with E-state index in [0.717, 1.165) is 44.1 Å². The highest BCUT2D eigenvalue weighted by Crippen LogP contribution is 2.23. The van der Waals surface area contributed by atoms with Gasteiger partial charge in [0.15, 0.2) is 0 Å². The number of aromatic hydroxyl groups is 1. The average Bonchev–Trinajstić information content (AvgIpc) is 2.64. The first-order valence-corrected chi connectivity index (χ1v) is 10.9. The SMILES string of the molecule is C[C@H](O)CCCCCC/C=C\CCCCCCCc1cccc(O)c1C(=O)O. The molecule has 0 aliphatic carbocycles. The molecule has 1 atom stereocenters. The standard InChI is InChI=1S/C24H38O4/c1-20(25)16-13-11-9-7-5-3-2-4-6-8-10-12-14-17-21-18-15-19-22(26)23(21)24(27)28/h2-3,15,18-20,25-26H,4-14,16-17H2,1H3,(H,27,28)/b3-2-/t20-/m0/s1. The molecule has 0 spiro atoms. The molecule has 1 aromatic rings. The van der Waals surface area contributed by atoms with Gasteiger partial charge < -0.3 is 15.3 Å². The first kappa shape index (κ1) is 24.2. The first-order chi connectivity index (χ1) is 13.5. The molecule has 0 aliphatic rings. The zero-order valence-electron chi connectivity index (χ0n) is 17.4. The number of benzene rings is 1. The third-order valence-corrected chi connectivity index (χ3v) is 5.07. The Balaban J connectivity index is 1.99. The predicted octanol–water partition coefficient (Wildman–Crippen LogP) is 6.25. The zero-order chi connectivity index (χ0) is 20.6. The lowest BCUT2D eigenvalue weighted by Crippen LogP contribution is -2.03. The maximum absolute atomic E-state index is 11.2. The number of hydrogen-bond acceptors (Lipinski definition) is 3. The number of hydrogen-bond donors (Lipinski definition) is 3. The number of aromatic carboxylic acids is 1. The minimum absolute atomic E-state index is 0.0515. The van der Waals surface area contributed by atoms with E-state index in [4.69, 9.17) is 0 Å². The van der Waals surface area contributed by atoms with Crippen LogP contribution < -0.4 is 0 Å². The summed E-state index contributed by atoms with van der Waals surface area (Å²) in [4.78, 5) is 11.2. The van der Waals surface area contributed by atoms with Crippen LogP contribution in [0.25, 0.3) is 0 Å². The van der Waals surface area contributed by atoms with Gasteiger partial charge in [0.2, 0.25) is 0 Å². The summed E-state index contributed by atoms with van der Waals surface area (Å²) in [5, 5.41) is 28.1. The molecule has 0 amide bonds. The van der Waals surface area contributed by atoms with Crippen LogP contribution in [0.3, 0.4) is 0 Å². The number of aliphatic hydroxyl groups is 1. The summed E-state index contributed by atoms with van der Waals surface area (Å²) in [6, 6.07) is 4.93. The fraction of sp³-hybridized carbons (Fsp3) is 0.625. The van der Waals surface area contributed by atoms with Crippen molar-refractivity contribution < 1.29 is 20.1 Å². The molecule has 4 nitrogen and oxygen atoms in total. The molecule has 0 radical (unpaired) electrons. The van der Waals surface area contributed by atoms with Gasteiger partial charge in [-0.2, -0.15) is 0 Å². The van der Waals surface area contributed by atoms with E-state index in [1.165, 1.54) is 44.6 Å². The van der Waals surface area contributed by atoms with Gasteiger partial charge in [-0.25, -0.2) is 4.79 Å². The normalized spacial score (nSPS) is 12.5. The van der Waals surface area contributed by atoms with Crippen molar-refractivity contribution in [1.82, 2.24) is 0 Å². The highest BCUT2D eigenvalue weighted by molar-refractivity contribution is 5.92. The number of rotatable bonds is 16. The number of carboxylic acid groups (broad SMARTS) is 1. The molecule has 4 heteroatoms. The average molecular weight is 391 g/mol. The molecule has 0 saturated heterocycles. The van der Waals surface area contributed by atoms with E-state index in [-0.39, 0.29) is 17.4 Å². The Morgan fingerprint density at radius 2 is 1.50 bits per heavy atom. The number of aliphatic hydroxyl groups excluding tert-OH is 1. The topological polar surface area (TPSA) is 77.8 Å².